The summed E-state index contributed by atoms with van der Waals surface area (Å²) in [7, 11) is 2.11. The third-order valence-electron chi connectivity index (χ3n) is 8.58. The van der Waals surface area contributed by atoms with Gasteiger partial charge in [0.05, 0.1) is 11.1 Å². The molecule has 3 aromatic carbocycles. The number of hydrogen-bond acceptors (Lipinski definition) is 5. The lowest BCUT2D eigenvalue weighted by molar-refractivity contribution is -0.123. The molecule has 2 heterocycles. The Hall–Kier alpha value is -3.81. The first kappa shape index (κ1) is 27.7. The van der Waals surface area contributed by atoms with E-state index in [1.165, 1.54) is 4.90 Å². The summed E-state index contributed by atoms with van der Waals surface area (Å²) in [6, 6.07) is 27.0. The second-order valence-corrected chi connectivity index (χ2v) is 11.0. The fraction of sp³-hybridized carbons (Fsp3) is 0.364. The van der Waals surface area contributed by atoms with E-state index in [2.05, 4.69) is 16.8 Å². The van der Waals surface area contributed by atoms with Gasteiger partial charge in [0.15, 0.2) is 0 Å². The molecule has 5 rings (SSSR count). The molecule has 3 aromatic rings. The number of amides is 3. The molecule has 2 aliphatic heterocycles. The highest BCUT2D eigenvalue weighted by Gasteiger charge is 2.49. The minimum absolute atomic E-state index is 0.0831. The average molecular weight is 539 g/mol. The number of likely N-dealkylation sites (N-methyl/N-ethyl adjacent to an activating group) is 1. The molecule has 0 radical (unpaired) electrons. The number of carbonyl (C=O) groups excluding carboxylic acids is 3. The fourth-order valence-electron chi connectivity index (χ4n) is 6.43. The molecule has 1 saturated heterocycles. The van der Waals surface area contributed by atoms with Gasteiger partial charge in [-0.1, -0.05) is 72.8 Å². The number of fused-ring (bicyclic) bond motifs is 1. The molecule has 40 heavy (non-hydrogen) atoms. The van der Waals surface area contributed by atoms with Gasteiger partial charge in [0, 0.05) is 26.2 Å². The van der Waals surface area contributed by atoms with E-state index in [1.807, 2.05) is 60.7 Å². The Balaban J connectivity index is 1.13. The summed E-state index contributed by atoms with van der Waals surface area (Å²) < 4.78 is 0. The van der Waals surface area contributed by atoms with E-state index < -0.39 is 5.41 Å². The number of carbonyl (C=O) groups is 3. The van der Waals surface area contributed by atoms with E-state index >= 15 is 0 Å². The first-order chi connectivity index (χ1) is 19.4. The molecule has 0 bridgehead atoms. The molecular formula is C33H38N4O3. The van der Waals surface area contributed by atoms with E-state index in [9.17, 15) is 14.4 Å². The van der Waals surface area contributed by atoms with E-state index in [4.69, 9.17) is 5.73 Å². The Bertz CT molecular complexity index is 1270. The molecule has 208 valence electrons. The standard InChI is InChI=1S/C33H38N4O3/c1-35(19-10-11-20-37-30(38)28-16-8-9-17-29(28)31(37)39)22-23-36-21-18-27(24-36)33(32(34)40,25-12-4-2-5-13-25)26-14-6-3-7-15-26/h2-9,12-17,27H,10-11,18-24H2,1H3,(H2,34,40). The van der Waals surface area contributed by atoms with Crippen molar-refractivity contribution in [2.24, 2.45) is 11.7 Å². The summed E-state index contributed by atoms with van der Waals surface area (Å²) in [5, 5.41) is 0. The van der Waals surface area contributed by atoms with Gasteiger partial charge in [-0.15, -0.1) is 0 Å². The molecule has 7 heteroatoms. The zero-order valence-corrected chi connectivity index (χ0v) is 23.2. The number of benzene rings is 3. The average Bonchev–Trinajstić information content (AvgIpc) is 3.54. The van der Waals surface area contributed by atoms with Crippen LogP contribution in [0.2, 0.25) is 0 Å². The molecule has 3 amide bonds. The predicted octanol–water partition coefficient (Wildman–Crippen LogP) is 3.79. The summed E-state index contributed by atoms with van der Waals surface area (Å²) in [6.07, 6.45) is 2.58. The van der Waals surface area contributed by atoms with Crippen molar-refractivity contribution in [1.82, 2.24) is 14.7 Å². The molecule has 0 spiro atoms. The third kappa shape index (κ3) is 5.31. The van der Waals surface area contributed by atoms with Crippen LogP contribution in [0.5, 0.6) is 0 Å². The van der Waals surface area contributed by atoms with E-state index in [-0.39, 0.29) is 23.6 Å². The van der Waals surface area contributed by atoms with Gasteiger partial charge in [-0.25, -0.2) is 0 Å². The number of likely N-dealkylation sites (tertiary alicyclic amines) is 1. The first-order valence-corrected chi connectivity index (χ1v) is 14.2. The number of imide groups is 1. The van der Waals surface area contributed by atoms with Crippen LogP contribution in [0.3, 0.4) is 0 Å². The van der Waals surface area contributed by atoms with Crippen LogP contribution >= 0.6 is 0 Å². The first-order valence-electron chi connectivity index (χ1n) is 14.2. The van der Waals surface area contributed by atoms with Crippen LogP contribution in [-0.4, -0.2) is 78.7 Å². The summed E-state index contributed by atoms with van der Waals surface area (Å²) in [6.45, 7) is 4.87. The van der Waals surface area contributed by atoms with Crippen molar-refractivity contribution in [2.75, 3.05) is 46.3 Å². The maximum atomic E-state index is 13.3. The van der Waals surface area contributed by atoms with Crippen LogP contribution in [0.1, 0.15) is 51.1 Å². The van der Waals surface area contributed by atoms with Crippen LogP contribution in [0, 0.1) is 5.92 Å². The number of nitrogens with zero attached hydrogens (tertiary/aromatic N) is 3. The zero-order valence-electron chi connectivity index (χ0n) is 23.2. The number of rotatable bonds is 12. The van der Waals surface area contributed by atoms with Crippen molar-refractivity contribution in [3.05, 3.63) is 107 Å². The molecule has 7 nitrogen and oxygen atoms in total. The monoisotopic (exact) mass is 538 g/mol. The van der Waals surface area contributed by atoms with Crippen LogP contribution < -0.4 is 5.73 Å². The summed E-state index contributed by atoms with van der Waals surface area (Å²) in [5.41, 5.74) is 8.28. The molecule has 1 unspecified atom stereocenters. The third-order valence-corrected chi connectivity index (χ3v) is 8.58. The topological polar surface area (TPSA) is 87.0 Å². The SMILES string of the molecule is CN(CCCCN1C(=O)c2ccccc2C1=O)CCN1CCC(C(C(N)=O)(c2ccccc2)c2ccccc2)C1. The second-order valence-electron chi connectivity index (χ2n) is 11.0. The van der Waals surface area contributed by atoms with Crippen molar-refractivity contribution in [3.63, 3.8) is 0 Å². The number of unbranched alkanes of at least 4 members (excludes halogenated alkanes) is 1. The Morgan fingerprint density at radius 2 is 1.38 bits per heavy atom. The molecule has 2 aliphatic rings. The van der Waals surface area contributed by atoms with Gasteiger partial charge >= 0.3 is 0 Å². The Kier molecular flexibility index (Phi) is 8.43. The maximum Gasteiger partial charge on any atom is 0.261 e. The smallest absolute Gasteiger partial charge is 0.261 e. The number of hydrogen-bond donors (Lipinski definition) is 1. The molecule has 2 N–H and O–H groups in total. The van der Waals surface area contributed by atoms with Gasteiger partial charge in [0.25, 0.3) is 11.8 Å². The van der Waals surface area contributed by atoms with E-state index in [1.54, 1.807) is 24.3 Å². The van der Waals surface area contributed by atoms with Crippen molar-refractivity contribution in [2.45, 2.75) is 24.7 Å². The normalized spacial score (nSPS) is 17.6. The highest BCUT2D eigenvalue weighted by atomic mass is 16.2. The molecule has 0 aromatic heterocycles. The largest absolute Gasteiger partial charge is 0.369 e. The minimum atomic E-state index is -0.868. The minimum Gasteiger partial charge on any atom is -0.369 e. The van der Waals surface area contributed by atoms with Crippen molar-refractivity contribution < 1.29 is 14.4 Å². The fourth-order valence-corrected chi connectivity index (χ4v) is 6.43. The predicted molar refractivity (Wildman–Crippen MR) is 156 cm³/mol. The maximum absolute atomic E-state index is 13.3. The number of primary amides is 1. The molecule has 1 atom stereocenters. The molecule has 0 saturated carbocycles. The van der Waals surface area contributed by atoms with Crippen LogP contribution in [0.4, 0.5) is 0 Å². The van der Waals surface area contributed by atoms with Gasteiger partial charge in [0.1, 0.15) is 5.41 Å². The van der Waals surface area contributed by atoms with Crippen molar-refractivity contribution in [3.8, 4) is 0 Å². The lowest BCUT2D eigenvalue weighted by atomic mass is 9.64. The van der Waals surface area contributed by atoms with Crippen LogP contribution in [0.25, 0.3) is 0 Å². The second kappa shape index (κ2) is 12.1. The highest BCUT2D eigenvalue weighted by Crippen LogP contribution is 2.43. The molecular weight excluding hydrogens is 500 g/mol. The van der Waals surface area contributed by atoms with Gasteiger partial charge in [-0.2, -0.15) is 0 Å². The van der Waals surface area contributed by atoms with Crippen LogP contribution in [0.15, 0.2) is 84.9 Å². The van der Waals surface area contributed by atoms with Gasteiger partial charge < -0.3 is 15.5 Å². The van der Waals surface area contributed by atoms with Crippen molar-refractivity contribution >= 4 is 17.7 Å². The highest BCUT2D eigenvalue weighted by molar-refractivity contribution is 6.21. The quantitative estimate of drug-likeness (QED) is 0.280. The Morgan fingerprint density at radius 1 is 0.825 bits per heavy atom. The summed E-state index contributed by atoms with van der Waals surface area (Å²) >= 11 is 0. The lowest BCUT2D eigenvalue weighted by Crippen LogP contribution is -2.49. The van der Waals surface area contributed by atoms with Gasteiger partial charge in [-0.05, 0) is 68.6 Å². The Morgan fingerprint density at radius 3 is 1.93 bits per heavy atom. The zero-order chi connectivity index (χ0) is 28.1. The number of nitrogens with two attached hydrogens (primary N) is 1. The van der Waals surface area contributed by atoms with Crippen LogP contribution in [-0.2, 0) is 10.2 Å². The molecule has 0 aliphatic carbocycles. The van der Waals surface area contributed by atoms with E-state index in [0.29, 0.717) is 17.7 Å². The van der Waals surface area contributed by atoms with Gasteiger partial charge in [0.2, 0.25) is 5.91 Å². The Labute approximate surface area is 236 Å². The summed E-state index contributed by atoms with van der Waals surface area (Å²) in [5.74, 6) is -0.585. The molecule has 1 fully saturated rings. The van der Waals surface area contributed by atoms with Crippen molar-refractivity contribution in [1.29, 1.82) is 0 Å². The van der Waals surface area contributed by atoms with Gasteiger partial charge in [-0.3, -0.25) is 19.3 Å². The lowest BCUT2D eigenvalue weighted by Gasteiger charge is -2.37. The summed E-state index contributed by atoms with van der Waals surface area (Å²) in [4.78, 5) is 44.5. The van der Waals surface area contributed by atoms with E-state index in [0.717, 1.165) is 63.1 Å².